The summed E-state index contributed by atoms with van der Waals surface area (Å²) in [6, 6.07) is 4.21. The minimum absolute atomic E-state index is 0. The van der Waals surface area contributed by atoms with Crippen LogP contribution in [0.4, 0.5) is 0 Å². The van der Waals surface area contributed by atoms with Crippen molar-refractivity contribution >= 4 is 29.9 Å². The van der Waals surface area contributed by atoms with Gasteiger partial charge in [-0.15, -0.1) is 24.0 Å². The van der Waals surface area contributed by atoms with Gasteiger partial charge in [0.25, 0.3) is 0 Å². The number of furan rings is 1. The molecule has 3 rings (SSSR count). The quantitative estimate of drug-likeness (QED) is 0.316. The van der Waals surface area contributed by atoms with Crippen molar-refractivity contribution < 1.29 is 8.94 Å². The fourth-order valence-corrected chi connectivity index (χ4v) is 3.43. The molecule has 2 aromatic rings. The molecule has 0 aliphatic carbocycles. The molecule has 1 atom stereocenters. The first-order chi connectivity index (χ1) is 13.7. The highest BCUT2D eigenvalue weighted by atomic mass is 127. The van der Waals surface area contributed by atoms with Gasteiger partial charge in [0.2, 0.25) is 5.89 Å². The second-order valence-corrected chi connectivity index (χ2v) is 7.46. The van der Waals surface area contributed by atoms with E-state index in [1.807, 2.05) is 6.07 Å². The van der Waals surface area contributed by atoms with Gasteiger partial charge in [-0.1, -0.05) is 25.4 Å². The molecule has 29 heavy (non-hydrogen) atoms. The van der Waals surface area contributed by atoms with E-state index in [-0.39, 0.29) is 35.9 Å². The highest BCUT2D eigenvalue weighted by Gasteiger charge is 2.24. The molecule has 0 radical (unpaired) electrons. The molecule has 2 N–H and O–H groups in total. The van der Waals surface area contributed by atoms with Gasteiger partial charge < -0.3 is 19.6 Å². The summed E-state index contributed by atoms with van der Waals surface area (Å²) < 4.78 is 11.0. The van der Waals surface area contributed by atoms with Crippen LogP contribution in [0.1, 0.15) is 62.5 Å². The molecule has 0 bridgehead atoms. The fraction of sp³-hybridized carbons (Fsp3) is 0.650. The van der Waals surface area contributed by atoms with Crippen LogP contribution in [0.2, 0.25) is 0 Å². The number of aliphatic imine (C=N–C) groups is 1. The predicted molar refractivity (Wildman–Crippen MR) is 124 cm³/mol. The maximum Gasteiger partial charge on any atom is 0.228 e. The number of nitrogens with one attached hydrogen (secondary N) is 2. The normalized spacial score (nSPS) is 16.5. The molecule has 0 spiro atoms. The van der Waals surface area contributed by atoms with Crippen LogP contribution < -0.4 is 10.6 Å². The summed E-state index contributed by atoms with van der Waals surface area (Å²) in [4.78, 5) is 11.2. The number of guanidine groups is 1. The predicted octanol–water partition coefficient (Wildman–Crippen LogP) is 3.34. The first-order valence-electron chi connectivity index (χ1n) is 10.2. The summed E-state index contributed by atoms with van der Waals surface area (Å²) in [5, 5.41) is 10.8. The van der Waals surface area contributed by atoms with Crippen LogP contribution in [0.25, 0.3) is 0 Å². The molecule has 1 unspecified atom stereocenters. The van der Waals surface area contributed by atoms with Gasteiger partial charge in [0.15, 0.2) is 11.8 Å². The van der Waals surface area contributed by atoms with Gasteiger partial charge in [0.05, 0.1) is 12.3 Å². The molecule has 2 aromatic heterocycles. The lowest BCUT2D eigenvalue weighted by Gasteiger charge is -2.33. The van der Waals surface area contributed by atoms with Crippen molar-refractivity contribution in [2.24, 2.45) is 4.99 Å². The standard InChI is InChI=1S/C20H32N6O2.HI/c1-15(2)19-24-18(28-25-19)9-10-22-20(21-3)23-14-16(17-8-7-13-27-17)26-11-5-4-6-12-26;/h7-8,13,15-16H,4-6,9-12,14H2,1-3H3,(H2,21,22,23);1H. The Balaban J connectivity index is 0.00000300. The minimum atomic E-state index is 0. The highest BCUT2D eigenvalue weighted by Crippen LogP contribution is 2.24. The maximum atomic E-state index is 5.71. The molecule has 1 aliphatic rings. The van der Waals surface area contributed by atoms with Crippen molar-refractivity contribution in [1.82, 2.24) is 25.7 Å². The number of likely N-dealkylation sites (tertiary alicyclic amines) is 1. The van der Waals surface area contributed by atoms with E-state index >= 15 is 0 Å². The van der Waals surface area contributed by atoms with E-state index in [1.165, 1.54) is 19.3 Å². The van der Waals surface area contributed by atoms with Crippen LogP contribution in [0.5, 0.6) is 0 Å². The van der Waals surface area contributed by atoms with Crippen molar-refractivity contribution in [3.63, 3.8) is 0 Å². The van der Waals surface area contributed by atoms with E-state index in [0.29, 0.717) is 18.9 Å². The van der Waals surface area contributed by atoms with E-state index in [1.54, 1.807) is 13.3 Å². The Kier molecular flexibility index (Phi) is 9.92. The average Bonchev–Trinajstić information content (AvgIpc) is 3.40. The molecule has 1 saturated heterocycles. The molecule has 3 heterocycles. The number of nitrogens with zero attached hydrogens (tertiary/aromatic N) is 4. The molecule has 0 saturated carbocycles. The van der Waals surface area contributed by atoms with Gasteiger partial charge >= 0.3 is 0 Å². The second kappa shape index (κ2) is 12.2. The minimum Gasteiger partial charge on any atom is -0.468 e. The monoisotopic (exact) mass is 516 g/mol. The molecule has 9 heteroatoms. The van der Waals surface area contributed by atoms with Crippen molar-refractivity contribution in [3.8, 4) is 0 Å². The zero-order valence-electron chi connectivity index (χ0n) is 17.6. The summed E-state index contributed by atoms with van der Waals surface area (Å²) in [5.41, 5.74) is 0. The molecule has 1 fully saturated rings. The van der Waals surface area contributed by atoms with Crippen LogP contribution in [-0.4, -0.2) is 54.2 Å². The zero-order valence-corrected chi connectivity index (χ0v) is 19.9. The Bertz CT molecular complexity index is 725. The van der Waals surface area contributed by atoms with Crippen LogP contribution in [-0.2, 0) is 6.42 Å². The third-order valence-corrected chi connectivity index (χ3v) is 5.02. The first-order valence-corrected chi connectivity index (χ1v) is 10.2. The molecular weight excluding hydrogens is 483 g/mol. The zero-order chi connectivity index (χ0) is 19.8. The van der Waals surface area contributed by atoms with Crippen LogP contribution in [0.15, 0.2) is 32.3 Å². The third-order valence-electron chi connectivity index (χ3n) is 5.02. The number of hydrogen-bond donors (Lipinski definition) is 2. The Morgan fingerprint density at radius 1 is 1.24 bits per heavy atom. The van der Waals surface area contributed by atoms with Crippen LogP contribution >= 0.6 is 24.0 Å². The molecular formula is C20H33IN6O2. The summed E-state index contributed by atoms with van der Waals surface area (Å²) in [6.45, 7) is 7.73. The second-order valence-electron chi connectivity index (χ2n) is 7.46. The van der Waals surface area contributed by atoms with E-state index < -0.39 is 0 Å². The largest absolute Gasteiger partial charge is 0.468 e. The number of halogens is 1. The average molecular weight is 516 g/mol. The Hall–Kier alpha value is -1.62. The number of rotatable bonds is 8. The summed E-state index contributed by atoms with van der Waals surface area (Å²) in [6.07, 6.45) is 6.20. The Labute approximate surface area is 189 Å². The molecule has 0 aromatic carbocycles. The van der Waals surface area contributed by atoms with Crippen molar-refractivity contribution in [3.05, 3.63) is 35.9 Å². The fourth-order valence-electron chi connectivity index (χ4n) is 3.43. The molecule has 8 nitrogen and oxygen atoms in total. The summed E-state index contributed by atoms with van der Waals surface area (Å²) in [5.74, 6) is 3.43. The van der Waals surface area contributed by atoms with Gasteiger partial charge in [-0.2, -0.15) is 4.98 Å². The molecule has 1 aliphatic heterocycles. The maximum absolute atomic E-state index is 5.71. The topological polar surface area (TPSA) is 91.7 Å². The van der Waals surface area contributed by atoms with Gasteiger partial charge in [0, 0.05) is 32.5 Å². The molecule has 0 amide bonds. The lowest BCUT2D eigenvalue weighted by atomic mass is 10.1. The highest BCUT2D eigenvalue weighted by molar-refractivity contribution is 14.0. The SMILES string of the molecule is CN=C(NCCc1nc(C(C)C)no1)NCC(c1ccco1)N1CCCCC1.I. The third kappa shape index (κ3) is 6.98. The smallest absolute Gasteiger partial charge is 0.228 e. The van der Waals surface area contributed by atoms with Gasteiger partial charge in [0.1, 0.15) is 5.76 Å². The molecule has 162 valence electrons. The summed E-state index contributed by atoms with van der Waals surface area (Å²) in [7, 11) is 1.78. The number of hydrogen-bond acceptors (Lipinski definition) is 6. The van der Waals surface area contributed by atoms with Crippen LogP contribution in [0, 0.1) is 0 Å². The number of aromatic nitrogens is 2. The Morgan fingerprint density at radius 3 is 2.66 bits per heavy atom. The first kappa shape index (κ1) is 23.7. The van der Waals surface area contributed by atoms with E-state index in [9.17, 15) is 0 Å². The summed E-state index contributed by atoms with van der Waals surface area (Å²) >= 11 is 0. The van der Waals surface area contributed by atoms with E-state index in [4.69, 9.17) is 8.94 Å². The van der Waals surface area contributed by atoms with E-state index in [2.05, 4.69) is 50.6 Å². The van der Waals surface area contributed by atoms with Crippen molar-refractivity contribution in [1.29, 1.82) is 0 Å². The van der Waals surface area contributed by atoms with Crippen molar-refractivity contribution in [2.75, 3.05) is 33.2 Å². The number of piperidine rings is 1. The van der Waals surface area contributed by atoms with Gasteiger partial charge in [-0.25, -0.2) is 0 Å². The Morgan fingerprint density at radius 2 is 2.03 bits per heavy atom. The van der Waals surface area contributed by atoms with Gasteiger partial charge in [-0.05, 0) is 38.1 Å². The van der Waals surface area contributed by atoms with E-state index in [0.717, 1.165) is 37.2 Å². The van der Waals surface area contributed by atoms with Gasteiger partial charge in [-0.3, -0.25) is 9.89 Å². The lowest BCUT2D eigenvalue weighted by molar-refractivity contribution is 0.146. The lowest BCUT2D eigenvalue weighted by Crippen LogP contribution is -2.44. The van der Waals surface area contributed by atoms with Crippen molar-refractivity contribution in [2.45, 2.75) is 51.5 Å². The van der Waals surface area contributed by atoms with Crippen LogP contribution in [0.3, 0.4) is 0 Å².